The zero-order valence-electron chi connectivity index (χ0n) is 38.5. The van der Waals surface area contributed by atoms with Gasteiger partial charge >= 0.3 is 12.2 Å². The van der Waals surface area contributed by atoms with Crippen LogP contribution in [0.25, 0.3) is 44.7 Å². The molecule has 2 unspecified atom stereocenters. The molecule has 0 fully saturated rings. The smallest absolute Gasteiger partial charge is 0.410 e. The fraction of sp³-hybridized carbons (Fsp3) is 0.438. The highest BCUT2D eigenvalue weighted by Crippen LogP contribution is 2.48. The van der Waals surface area contributed by atoms with Crippen molar-refractivity contribution >= 4 is 40.7 Å². The highest BCUT2D eigenvalue weighted by atomic mass is 32.1. The minimum absolute atomic E-state index is 0.0894. The minimum atomic E-state index is -0.587. The molecule has 6 aromatic rings. The molecule has 0 saturated carbocycles. The maximum Gasteiger partial charge on any atom is 0.410 e. The van der Waals surface area contributed by atoms with Gasteiger partial charge in [0.1, 0.15) is 35.1 Å². The average Bonchev–Trinajstić information content (AvgIpc) is 4.08. The molecule has 1 aliphatic rings. The summed E-state index contributed by atoms with van der Waals surface area (Å²) < 4.78 is 35.2. The summed E-state index contributed by atoms with van der Waals surface area (Å²) in [6.07, 6.45) is 5.61. The summed E-state index contributed by atoms with van der Waals surface area (Å²) in [7, 11) is 3.33. The Labute approximate surface area is 378 Å². The molecular formula is C48H61FN8O6S. The third-order valence-electron chi connectivity index (χ3n) is 10.6. The van der Waals surface area contributed by atoms with Gasteiger partial charge in [0.15, 0.2) is 0 Å². The molecule has 0 radical (unpaired) electrons. The highest BCUT2D eigenvalue weighted by Gasteiger charge is 2.33. The number of aromatic amines is 2. The number of aryl methyl sites for hydroxylation is 1. The van der Waals surface area contributed by atoms with Crippen LogP contribution >= 0.6 is 11.3 Å². The predicted octanol–water partition coefficient (Wildman–Crippen LogP) is 10.3. The standard InChI is InChI=1S/C41H48FN7O3S.C7H13NO3/c1-8-15-47(7)23-36-43-22-31(46-36)26-18-29(42)38-33-19-27-17-25(30-21-44-37(45-30)24-48(16-9-2)40(50)52-41(4,5)6)11-13-32(27)49(33)39(51-34(38)20-26)35-14-12-28(10-3)53-35;1-5(2)6(4-9)8-7(10)11-3/h11-14,17-22,39H,8-10,15-16,23-24H2,1-7H3,(H,43,46)(H,44,45);4-6H,1-3H3,(H,8,10). The Balaban J connectivity index is 0.000000547. The number of imidazole rings is 2. The van der Waals surface area contributed by atoms with Crippen molar-refractivity contribution in [2.45, 2.75) is 106 Å². The van der Waals surface area contributed by atoms with Gasteiger partial charge in [-0.15, -0.1) is 11.3 Å². The normalized spacial score (nSPS) is 13.7. The first-order valence-electron chi connectivity index (χ1n) is 21.8. The molecule has 1 aliphatic heterocycles. The Hall–Kier alpha value is -6.00. The summed E-state index contributed by atoms with van der Waals surface area (Å²) in [6.45, 7) is 18.1. The number of rotatable bonds is 15. The van der Waals surface area contributed by atoms with Gasteiger partial charge in [0.05, 0.1) is 71.7 Å². The number of carbonyl (C=O) groups excluding carboxylic acids is 3. The Morgan fingerprint density at radius 2 is 1.66 bits per heavy atom. The molecule has 64 heavy (non-hydrogen) atoms. The quantitative estimate of drug-likeness (QED) is 0.0853. The third-order valence-corrected chi connectivity index (χ3v) is 11.9. The summed E-state index contributed by atoms with van der Waals surface area (Å²) in [5.74, 6) is 1.72. The number of fused-ring (bicyclic) bond motifs is 5. The lowest BCUT2D eigenvalue weighted by atomic mass is 10.0. The number of thiophene rings is 1. The molecule has 2 aromatic carbocycles. The van der Waals surface area contributed by atoms with E-state index < -0.39 is 24.0 Å². The largest absolute Gasteiger partial charge is 0.464 e. The Morgan fingerprint density at radius 1 is 0.969 bits per heavy atom. The van der Waals surface area contributed by atoms with Gasteiger partial charge in [0.2, 0.25) is 6.23 Å². The molecule has 0 spiro atoms. The molecular weight excluding hydrogens is 836 g/mol. The number of H-pyrrole nitrogens is 2. The first-order chi connectivity index (χ1) is 30.6. The number of aldehydes is 1. The van der Waals surface area contributed by atoms with E-state index in [4.69, 9.17) is 9.47 Å². The number of carbonyl (C=O) groups is 3. The van der Waals surface area contributed by atoms with Crippen LogP contribution in [0.1, 0.15) is 95.9 Å². The van der Waals surface area contributed by atoms with Crippen molar-refractivity contribution in [2.24, 2.45) is 5.92 Å². The first-order valence-corrected chi connectivity index (χ1v) is 22.7. The zero-order valence-corrected chi connectivity index (χ0v) is 39.3. The van der Waals surface area contributed by atoms with E-state index in [1.54, 1.807) is 34.7 Å². The van der Waals surface area contributed by atoms with Crippen LogP contribution in [-0.4, -0.2) is 91.7 Å². The predicted molar refractivity (Wildman–Crippen MR) is 249 cm³/mol. The number of halogens is 1. The van der Waals surface area contributed by atoms with Crippen LogP contribution in [-0.2, 0) is 33.8 Å². The summed E-state index contributed by atoms with van der Waals surface area (Å²) in [6, 6.07) is 15.5. The number of hydrogen-bond acceptors (Lipinski definition) is 10. The summed E-state index contributed by atoms with van der Waals surface area (Å²) >= 11 is 1.71. The molecule has 14 nitrogen and oxygen atoms in total. The Kier molecular flexibility index (Phi) is 15.3. The maximum absolute atomic E-state index is 16.4. The number of methoxy groups -OCH3 is 1. The molecule has 16 heteroatoms. The summed E-state index contributed by atoms with van der Waals surface area (Å²) in [5.41, 5.74) is 4.70. The van der Waals surface area contributed by atoms with Crippen molar-refractivity contribution in [3.63, 3.8) is 0 Å². The molecule has 0 bridgehead atoms. The van der Waals surface area contributed by atoms with Gasteiger partial charge in [-0.05, 0) is 102 Å². The molecule has 0 saturated heterocycles. The highest BCUT2D eigenvalue weighted by molar-refractivity contribution is 7.12. The van der Waals surface area contributed by atoms with E-state index in [1.807, 2.05) is 59.7 Å². The van der Waals surface area contributed by atoms with Gasteiger partial charge in [-0.3, -0.25) is 9.47 Å². The van der Waals surface area contributed by atoms with Crippen LogP contribution in [0.15, 0.2) is 60.9 Å². The molecule has 2 amide bonds. The van der Waals surface area contributed by atoms with Crippen molar-refractivity contribution in [2.75, 3.05) is 27.2 Å². The second-order valence-corrected chi connectivity index (χ2v) is 18.5. The van der Waals surface area contributed by atoms with E-state index in [2.05, 4.69) is 84.6 Å². The molecule has 3 N–H and O–H groups in total. The number of ether oxygens (including phenoxy) is 3. The van der Waals surface area contributed by atoms with Gasteiger partial charge in [0, 0.05) is 27.9 Å². The molecule has 5 heterocycles. The van der Waals surface area contributed by atoms with E-state index in [0.29, 0.717) is 48.6 Å². The van der Waals surface area contributed by atoms with Crippen LogP contribution in [0.2, 0.25) is 0 Å². The van der Waals surface area contributed by atoms with Crippen molar-refractivity contribution in [3.05, 3.63) is 88.1 Å². The van der Waals surface area contributed by atoms with Crippen molar-refractivity contribution in [1.29, 1.82) is 0 Å². The van der Waals surface area contributed by atoms with Crippen LogP contribution in [0.3, 0.4) is 0 Å². The number of nitrogens with one attached hydrogen (secondary N) is 3. The lowest BCUT2D eigenvalue weighted by Gasteiger charge is -2.30. The molecule has 342 valence electrons. The number of aromatic nitrogens is 5. The second kappa shape index (κ2) is 20.7. The van der Waals surface area contributed by atoms with E-state index in [1.165, 1.54) is 12.0 Å². The van der Waals surface area contributed by atoms with Crippen molar-refractivity contribution < 1.29 is 33.0 Å². The number of nitrogens with zero attached hydrogens (tertiary/aromatic N) is 5. The Morgan fingerprint density at radius 3 is 2.27 bits per heavy atom. The minimum Gasteiger partial charge on any atom is -0.464 e. The third kappa shape index (κ3) is 11.2. The van der Waals surface area contributed by atoms with Crippen LogP contribution < -0.4 is 10.1 Å². The van der Waals surface area contributed by atoms with Crippen molar-refractivity contribution in [3.8, 4) is 39.5 Å². The van der Waals surface area contributed by atoms with Gasteiger partial charge in [-0.25, -0.2) is 23.9 Å². The molecule has 2 atom stereocenters. The lowest BCUT2D eigenvalue weighted by molar-refractivity contribution is -0.110. The van der Waals surface area contributed by atoms with Crippen LogP contribution in [0.5, 0.6) is 5.75 Å². The van der Waals surface area contributed by atoms with Crippen LogP contribution in [0, 0.1) is 11.7 Å². The number of benzene rings is 2. The molecule has 0 aliphatic carbocycles. The second-order valence-electron chi connectivity index (χ2n) is 17.3. The number of alkyl carbamates (subject to hydrolysis) is 1. The van der Waals surface area contributed by atoms with Gasteiger partial charge in [0.25, 0.3) is 0 Å². The van der Waals surface area contributed by atoms with E-state index in [9.17, 15) is 14.4 Å². The summed E-state index contributed by atoms with van der Waals surface area (Å²) in [4.78, 5) is 56.0. The van der Waals surface area contributed by atoms with Gasteiger partial charge in [-0.2, -0.15) is 0 Å². The monoisotopic (exact) mass is 896 g/mol. The molecule has 7 rings (SSSR count). The van der Waals surface area contributed by atoms with Crippen LogP contribution in [0.4, 0.5) is 14.0 Å². The first kappa shape index (κ1) is 47.5. The average molecular weight is 897 g/mol. The number of amides is 2. The topological polar surface area (TPSA) is 160 Å². The number of hydrogen-bond donors (Lipinski definition) is 3. The fourth-order valence-corrected chi connectivity index (χ4v) is 8.44. The van der Waals surface area contributed by atoms with E-state index >= 15 is 4.39 Å². The van der Waals surface area contributed by atoms with Gasteiger partial charge < -0.3 is 39.2 Å². The SMILES string of the molecule is CCCN(C)Cc1ncc(-c2cc(F)c3c(c2)OC(c2ccc(CC)s2)n2c-3cc3cc(-c4cnc(CN(CCC)C(=O)OC(C)(C)C)[nH]4)ccc32)[nH]1.COC(=O)NC(C=O)C(C)C. The van der Waals surface area contributed by atoms with E-state index in [0.717, 1.165) is 70.1 Å². The Bertz CT molecular complexity index is 2550. The lowest BCUT2D eigenvalue weighted by Crippen LogP contribution is -2.39. The summed E-state index contributed by atoms with van der Waals surface area (Å²) in [5, 5.41) is 3.33. The fourth-order valence-electron chi connectivity index (χ4n) is 7.46. The van der Waals surface area contributed by atoms with E-state index in [-0.39, 0.29) is 17.8 Å². The maximum atomic E-state index is 16.4. The zero-order chi connectivity index (χ0) is 46.3. The van der Waals surface area contributed by atoms with Crippen molar-refractivity contribution in [1.82, 2.24) is 39.6 Å². The van der Waals surface area contributed by atoms with Gasteiger partial charge in [-0.1, -0.05) is 40.7 Å². The molecule has 4 aromatic heterocycles.